The van der Waals surface area contributed by atoms with E-state index in [9.17, 15) is 4.79 Å². The highest BCUT2D eigenvalue weighted by Gasteiger charge is 2.19. The highest BCUT2D eigenvalue weighted by Crippen LogP contribution is 2.12. The molecule has 0 aromatic carbocycles. The van der Waals surface area contributed by atoms with Gasteiger partial charge in [0.15, 0.2) is 5.69 Å². The van der Waals surface area contributed by atoms with Gasteiger partial charge in [-0.05, 0) is 26.2 Å². The number of hydrogen-bond acceptors (Lipinski definition) is 4. The molecule has 102 valence electrons. The Kier molecular flexibility index (Phi) is 5.27. The fourth-order valence-corrected chi connectivity index (χ4v) is 1.64. The van der Waals surface area contributed by atoms with Gasteiger partial charge in [-0.3, -0.25) is 0 Å². The lowest BCUT2D eigenvalue weighted by Gasteiger charge is -2.11. The molecule has 0 radical (unpaired) electrons. The van der Waals surface area contributed by atoms with Crippen LogP contribution < -0.4 is 0 Å². The summed E-state index contributed by atoms with van der Waals surface area (Å²) in [7, 11) is 0. The predicted molar refractivity (Wildman–Crippen MR) is 66.6 cm³/mol. The van der Waals surface area contributed by atoms with E-state index >= 15 is 0 Å². The van der Waals surface area contributed by atoms with Gasteiger partial charge in [-0.25, -0.2) is 9.48 Å². The lowest BCUT2D eigenvalue weighted by atomic mass is 10.1. The molecule has 0 saturated carbocycles. The smallest absolute Gasteiger partial charge is 0.358 e. The van der Waals surface area contributed by atoms with Gasteiger partial charge in [0.25, 0.3) is 0 Å². The topological polar surface area (TPSA) is 77.2 Å². The minimum Gasteiger partial charge on any atom is -0.476 e. The number of hydrogen-bond donors (Lipinski definition) is 1. The molecule has 18 heavy (non-hydrogen) atoms. The number of carboxylic acids is 1. The van der Waals surface area contributed by atoms with Crippen LogP contribution in [0.1, 0.15) is 43.9 Å². The van der Waals surface area contributed by atoms with Crippen molar-refractivity contribution in [2.75, 3.05) is 6.61 Å². The number of rotatable bonds is 7. The summed E-state index contributed by atoms with van der Waals surface area (Å²) < 4.78 is 7.07. The molecule has 0 atom stereocenters. The van der Waals surface area contributed by atoms with E-state index in [2.05, 4.69) is 10.3 Å². The lowest BCUT2D eigenvalue weighted by Crippen LogP contribution is -2.15. The van der Waals surface area contributed by atoms with Gasteiger partial charge < -0.3 is 9.84 Å². The van der Waals surface area contributed by atoms with Gasteiger partial charge in [0.2, 0.25) is 0 Å². The molecule has 0 fully saturated rings. The van der Waals surface area contributed by atoms with Gasteiger partial charge in [-0.1, -0.05) is 19.1 Å². The van der Waals surface area contributed by atoms with Gasteiger partial charge in [0.1, 0.15) is 0 Å². The van der Waals surface area contributed by atoms with Gasteiger partial charge in [-0.2, -0.15) is 0 Å². The molecule has 1 rings (SSSR count). The summed E-state index contributed by atoms with van der Waals surface area (Å²) in [6.07, 6.45) is 0.803. The van der Waals surface area contributed by atoms with E-state index in [1.807, 2.05) is 27.7 Å². The first-order chi connectivity index (χ1) is 8.41. The van der Waals surface area contributed by atoms with Crippen molar-refractivity contribution >= 4 is 5.97 Å². The molecule has 1 aromatic heterocycles. The first-order valence-corrected chi connectivity index (χ1v) is 6.19. The molecule has 0 spiro atoms. The van der Waals surface area contributed by atoms with Crippen LogP contribution in [0.4, 0.5) is 0 Å². The molecule has 0 aliphatic carbocycles. The second kappa shape index (κ2) is 6.49. The first kappa shape index (κ1) is 14.6. The molecule has 6 heteroatoms. The minimum atomic E-state index is -1.03. The van der Waals surface area contributed by atoms with Crippen LogP contribution >= 0.6 is 0 Å². The molecular formula is C12H21N3O3. The lowest BCUT2D eigenvalue weighted by molar-refractivity contribution is 0.0680. The summed E-state index contributed by atoms with van der Waals surface area (Å²) in [6.45, 7) is 9.02. The van der Waals surface area contributed by atoms with Crippen molar-refractivity contribution in [2.24, 2.45) is 5.92 Å². The first-order valence-electron chi connectivity index (χ1n) is 6.19. The Morgan fingerprint density at radius 2 is 2.06 bits per heavy atom. The second-order valence-electron chi connectivity index (χ2n) is 4.93. The zero-order valence-corrected chi connectivity index (χ0v) is 11.4. The summed E-state index contributed by atoms with van der Waals surface area (Å²) in [5.74, 6) is -0.673. The highest BCUT2D eigenvalue weighted by molar-refractivity contribution is 5.86. The molecule has 0 bridgehead atoms. The fraction of sp³-hybridized carbons (Fsp3) is 0.750. The van der Waals surface area contributed by atoms with Crippen LogP contribution in [0.2, 0.25) is 0 Å². The summed E-state index contributed by atoms with van der Waals surface area (Å²) >= 11 is 0. The van der Waals surface area contributed by atoms with Gasteiger partial charge in [0.05, 0.1) is 24.9 Å². The highest BCUT2D eigenvalue weighted by atomic mass is 16.5. The zero-order valence-electron chi connectivity index (χ0n) is 11.4. The number of ether oxygens (including phenoxy) is 1. The molecular weight excluding hydrogens is 234 g/mol. The SMILES string of the molecule is CC(C)Cc1c(C(=O)O)nnn1CCOC(C)C. The van der Waals surface area contributed by atoms with Crippen LogP contribution in [0.3, 0.4) is 0 Å². The number of carbonyl (C=O) groups is 1. The van der Waals surface area contributed by atoms with Crippen molar-refractivity contribution in [1.29, 1.82) is 0 Å². The Morgan fingerprint density at radius 1 is 1.39 bits per heavy atom. The second-order valence-corrected chi connectivity index (χ2v) is 4.93. The van der Waals surface area contributed by atoms with Gasteiger partial charge >= 0.3 is 5.97 Å². The van der Waals surface area contributed by atoms with E-state index in [1.54, 1.807) is 4.68 Å². The molecule has 1 heterocycles. The maximum atomic E-state index is 11.1. The number of aromatic nitrogens is 3. The maximum absolute atomic E-state index is 11.1. The molecule has 0 aliphatic heterocycles. The van der Waals surface area contributed by atoms with Crippen LogP contribution in [0, 0.1) is 5.92 Å². The summed E-state index contributed by atoms with van der Waals surface area (Å²) in [5, 5.41) is 16.7. The summed E-state index contributed by atoms with van der Waals surface area (Å²) in [5.41, 5.74) is 0.720. The van der Waals surface area contributed by atoms with Crippen LogP contribution in [0.15, 0.2) is 0 Å². The van der Waals surface area contributed by atoms with E-state index in [0.29, 0.717) is 31.2 Å². The third kappa shape index (κ3) is 4.10. The monoisotopic (exact) mass is 255 g/mol. The molecule has 0 aliphatic rings. The molecule has 0 unspecified atom stereocenters. The maximum Gasteiger partial charge on any atom is 0.358 e. The molecule has 0 amide bonds. The average molecular weight is 255 g/mol. The largest absolute Gasteiger partial charge is 0.476 e. The summed E-state index contributed by atoms with van der Waals surface area (Å²) in [4.78, 5) is 11.1. The van der Waals surface area contributed by atoms with Crippen LogP contribution in [-0.2, 0) is 17.7 Å². The van der Waals surface area contributed by atoms with E-state index in [4.69, 9.17) is 9.84 Å². The predicted octanol–water partition coefficient (Wildman–Crippen LogP) is 1.60. The van der Waals surface area contributed by atoms with Crippen molar-refractivity contribution in [3.05, 3.63) is 11.4 Å². The van der Waals surface area contributed by atoms with E-state index in [0.717, 1.165) is 0 Å². The Balaban J connectivity index is 2.80. The average Bonchev–Trinajstić information content (AvgIpc) is 2.60. The quantitative estimate of drug-likeness (QED) is 0.800. The molecule has 1 aromatic rings. The van der Waals surface area contributed by atoms with Crippen molar-refractivity contribution < 1.29 is 14.6 Å². The third-order valence-corrected chi connectivity index (χ3v) is 2.40. The number of nitrogens with zero attached hydrogens (tertiary/aromatic N) is 3. The van der Waals surface area contributed by atoms with Crippen LogP contribution in [0.25, 0.3) is 0 Å². The number of aromatic carboxylic acids is 1. The Morgan fingerprint density at radius 3 is 2.56 bits per heavy atom. The van der Waals surface area contributed by atoms with Crippen molar-refractivity contribution in [2.45, 2.75) is 46.8 Å². The van der Waals surface area contributed by atoms with Crippen LogP contribution in [0.5, 0.6) is 0 Å². The fourth-order valence-electron chi connectivity index (χ4n) is 1.64. The van der Waals surface area contributed by atoms with Crippen molar-refractivity contribution in [1.82, 2.24) is 15.0 Å². The molecule has 1 N–H and O–H groups in total. The minimum absolute atomic E-state index is 0.0493. The van der Waals surface area contributed by atoms with E-state index in [1.165, 1.54) is 0 Å². The summed E-state index contributed by atoms with van der Waals surface area (Å²) in [6, 6.07) is 0. The Labute approximate surface area is 107 Å². The van der Waals surface area contributed by atoms with Gasteiger partial charge in [-0.15, -0.1) is 5.10 Å². The Bertz CT molecular complexity index is 399. The zero-order chi connectivity index (χ0) is 13.7. The third-order valence-electron chi connectivity index (χ3n) is 2.40. The van der Waals surface area contributed by atoms with Crippen molar-refractivity contribution in [3.8, 4) is 0 Å². The normalized spacial score (nSPS) is 11.4. The van der Waals surface area contributed by atoms with Gasteiger partial charge in [0, 0.05) is 0 Å². The molecule has 6 nitrogen and oxygen atoms in total. The van der Waals surface area contributed by atoms with E-state index < -0.39 is 5.97 Å². The Hall–Kier alpha value is -1.43. The molecule has 0 saturated heterocycles. The van der Waals surface area contributed by atoms with E-state index in [-0.39, 0.29) is 11.8 Å². The van der Waals surface area contributed by atoms with Crippen molar-refractivity contribution in [3.63, 3.8) is 0 Å². The standard InChI is InChI=1S/C12H21N3O3/c1-8(2)7-10-11(12(16)17)13-14-15(10)5-6-18-9(3)4/h8-9H,5-7H2,1-4H3,(H,16,17). The van der Waals surface area contributed by atoms with Crippen LogP contribution in [-0.4, -0.2) is 38.8 Å². The number of carboxylic acid groups (broad SMARTS) is 1.